The Balaban J connectivity index is 2.81. The minimum Gasteiger partial charge on any atom is -0.493 e. The highest BCUT2D eigenvalue weighted by Crippen LogP contribution is 2.45. The van der Waals surface area contributed by atoms with Gasteiger partial charge >= 0.3 is 11.9 Å². The van der Waals surface area contributed by atoms with Gasteiger partial charge in [0.25, 0.3) is 0 Å². The molecular weight excluding hydrogens is 326 g/mol. The van der Waals surface area contributed by atoms with Gasteiger partial charge in [0.05, 0.1) is 38.4 Å². The Labute approximate surface area is 145 Å². The number of allylic oxidation sites excluding steroid dienone is 2. The molecule has 0 fully saturated rings. The summed E-state index contributed by atoms with van der Waals surface area (Å²) in [6.45, 7) is 3.36. The van der Waals surface area contributed by atoms with Crippen LogP contribution < -0.4 is 14.8 Å². The molecule has 0 bridgehead atoms. The van der Waals surface area contributed by atoms with Crippen LogP contribution in [0.15, 0.2) is 40.7 Å². The predicted octanol–water partition coefficient (Wildman–Crippen LogP) is 2.20. The summed E-state index contributed by atoms with van der Waals surface area (Å²) in [5, 5.41) is 12.7. The van der Waals surface area contributed by atoms with Crippen molar-refractivity contribution in [3.8, 4) is 11.5 Å². The fraction of sp³-hybridized carbons (Fsp3) is 0.333. The zero-order valence-corrected chi connectivity index (χ0v) is 14.8. The molecule has 0 saturated carbocycles. The number of carbonyl (C=O) groups is 2. The first-order valence-corrected chi connectivity index (χ1v) is 7.58. The van der Waals surface area contributed by atoms with Crippen molar-refractivity contribution in [2.24, 2.45) is 0 Å². The number of nitrogens with one attached hydrogen (secondary N) is 1. The number of dihydropyridines is 1. The molecule has 1 aliphatic heterocycles. The van der Waals surface area contributed by atoms with Crippen molar-refractivity contribution in [2.75, 3.05) is 21.3 Å². The Morgan fingerprint density at radius 3 is 2.20 bits per heavy atom. The van der Waals surface area contributed by atoms with Gasteiger partial charge in [-0.15, -0.1) is 0 Å². The van der Waals surface area contributed by atoms with Gasteiger partial charge in [-0.25, -0.2) is 9.59 Å². The van der Waals surface area contributed by atoms with E-state index in [9.17, 15) is 14.7 Å². The molecule has 7 heteroatoms. The molecule has 0 saturated heterocycles. The maximum absolute atomic E-state index is 12.4. The highest BCUT2D eigenvalue weighted by Gasteiger charge is 2.39. The number of ether oxygens (including phenoxy) is 3. The SMILES string of the molecule is COC(=O)C1=C(C)NC(C)=C(C(=O)O)C1c1cccc(OC)c1OC. The average molecular weight is 347 g/mol. The Bertz CT molecular complexity index is 778. The zero-order chi connectivity index (χ0) is 18.7. The molecule has 1 aromatic carbocycles. The molecule has 1 atom stereocenters. The maximum Gasteiger partial charge on any atom is 0.336 e. The van der Waals surface area contributed by atoms with Gasteiger partial charge in [-0.2, -0.15) is 0 Å². The summed E-state index contributed by atoms with van der Waals surface area (Å²) in [7, 11) is 4.22. The van der Waals surface area contributed by atoms with Crippen molar-refractivity contribution in [3.05, 3.63) is 46.3 Å². The van der Waals surface area contributed by atoms with Crippen molar-refractivity contribution in [1.82, 2.24) is 5.32 Å². The molecule has 0 radical (unpaired) electrons. The second kappa shape index (κ2) is 7.29. The van der Waals surface area contributed by atoms with Gasteiger partial charge in [0.1, 0.15) is 0 Å². The molecule has 25 heavy (non-hydrogen) atoms. The maximum atomic E-state index is 12.4. The number of hydrogen-bond acceptors (Lipinski definition) is 6. The first-order chi connectivity index (χ1) is 11.9. The standard InChI is InChI=1S/C18H21NO6/c1-9-13(17(20)21)15(14(10(2)19-9)18(22)25-5)11-7-6-8-12(23-3)16(11)24-4/h6-8,15,19H,1-5H3,(H,20,21). The van der Waals surface area contributed by atoms with Crippen LogP contribution in [0.2, 0.25) is 0 Å². The third kappa shape index (κ3) is 3.17. The van der Waals surface area contributed by atoms with E-state index in [2.05, 4.69) is 5.32 Å². The number of methoxy groups -OCH3 is 3. The summed E-state index contributed by atoms with van der Waals surface area (Å²) < 4.78 is 15.6. The number of hydrogen-bond donors (Lipinski definition) is 2. The van der Waals surface area contributed by atoms with Crippen LogP contribution in [0.3, 0.4) is 0 Å². The minimum atomic E-state index is -1.13. The monoisotopic (exact) mass is 347 g/mol. The molecule has 134 valence electrons. The predicted molar refractivity (Wildman–Crippen MR) is 90.5 cm³/mol. The first kappa shape index (κ1) is 18.4. The van der Waals surface area contributed by atoms with Crippen molar-refractivity contribution < 1.29 is 28.9 Å². The minimum absolute atomic E-state index is 0.0533. The largest absolute Gasteiger partial charge is 0.493 e. The van der Waals surface area contributed by atoms with Crippen molar-refractivity contribution >= 4 is 11.9 Å². The van der Waals surface area contributed by atoms with E-state index >= 15 is 0 Å². The van der Waals surface area contributed by atoms with Crippen LogP contribution in [0.1, 0.15) is 25.3 Å². The highest BCUT2D eigenvalue weighted by atomic mass is 16.5. The Morgan fingerprint density at radius 1 is 1.04 bits per heavy atom. The topological polar surface area (TPSA) is 94.1 Å². The molecule has 2 rings (SSSR count). The summed E-state index contributed by atoms with van der Waals surface area (Å²) >= 11 is 0. The highest BCUT2D eigenvalue weighted by molar-refractivity contribution is 5.99. The van der Waals surface area contributed by atoms with E-state index in [0.717, 1.165) is 0 Å². The van der Waals surface area contributed by atoms with Crippen LogP contribution >= 0.6 is 0 Å². The van der Waals surface area contributed by atoms with Crippen LogP contribution in [-0.4, -0.2) is 38.4 Å². The first-order valence-electron chi connectivity index (χ1n) is 7.58. The molecule has 7 nitrogen and oxygen atoms in total. The number of benzene rings is 1. The molecule has 1 unspecified atom stereocenters. The molecular formula is C18H21NO6. The normalized spacial score (nSPS) is 17.1. The lowest BCUT2D eigenvalue weighted by Crippen LogP contribution is -2.31. The Kier molecular flexibility index (Phi) is 5.36. The van der Waals surface area contributed by atoms with E-state index in [-0.39, 0.29) is 11.1 Å². The van der Waals surface area contributed by atoms with Gasteiger partial charge in [0, 0.05) is 17.0 Å². The number of carbonyl (C=O) groups excluding carboxylic acids is 1. The molecule has 1 aliphatic rings. The van der Waals surface area contributed by atoms with Crippen molar-refractivity contribution in [2.45, 2.75) is 19.8 Å². The number of para-hydroxylation sites is 1. The lowest BCUT2D eigenvalue weighted by Gasteiger charge is -2.30. The number of esters is 1. The van der Waals surface area contributed by atoms with Gasteiger partial charge in [-0.1, -0.05) is 12.1 Å². The average Bonchev–Trinajstić information content (AvgIpc) is 2.59. The number of rotatable bonds is 5. The van der Waals surface area contributed by atoms with E-state index in [1.807, 2.05) is 0 Å². The number of aliphatic carboxylic acids is 1. The third-order valence-corrected chi connectivity index (χ3v) is 4.14. The zero-order valence-electron chi connectivity index (χ0n) is 14.8. The van der Waals surface area contributed by atoms with Crippen molar-refractivity contribution in [1.29, 1.82) is 0 Å². The number of carboxylic acid groups (broad SMARTS) is 1. The molecule has 0 amide bonds. The Hall–Kier alpha value is -2.96. The van der Waals surface area contributed by atoms with E-state index in [4.69, 9.17) is 14.2 Å². The third-order valence-electron chi connectivity index (χ3n) is 4.14. The second-order valence-corrected chi connectivity index (χ2v) is 5.51. The van der Waals surface area contributed by atoms with Gasteiger partial charge in [0.2, 0.25) is 0 Å². The van der Waals surface area contributed by atoms with Crippen LogP contribution in [0.5, 0.6) is 11.5 Å². The summed E-state index contributed by atoms with van der Waals surface area (Å²) in [6.07, 6.45) is 0. The summed E-state index contributed by atoms with van der Waals surface area (Å²) in [6, 6.07) is 5.14. The molecule has 0 aromatic heterocycles. The van der Waals surface area contributed by atoms with E-state index in [1.165, 1.54) is 21.3 Å². The van der Waals surface area contributed by atoms with Crippen molar-refractivity contribution in [3.63, 3.8) is 0 Å². The van der Waals surface area contributed by atoms with Gasteiger partial charge in [-0.05, 0) is 19.9 Å². The van der Waals surface area contributed by atoms with E-state index < -0.39 is 17.9 Å². The molecule has 1 aromatic rings. The van der Waals surface area contributed by atoms with Gasteiger partial charge in [0.15, 0.2) is 11.5 Å². The molecule has 0 aliphatic carbocycles. The molecule has 0 spiro atoms. The lowest BCUT2D eigenvalue weighted by atomic mass is 9.80. The molecule has 1 heterocycles. The Morgan fingerprint density at radius 2 is 1.68 bits per heavy atom. The van der Waals surface area contributed by atoms with Gasteiger partial charge in [-0.3, -0.25) is 0 Å². The van der Waals surface area contributed by atoms with Crippen LogP contribution in [0.25, 0.3) is 0 Å². The molecule has 2 N–H and O–H groups in total. The van der Waals surface area contributed by atoms with Crippen LogP contribution in [0.4, 0.5) is 0 Å². The lowest BCUT2D eigenvalue weighted by molar-refractivity contribution is -0.136. The summed E-state index contributed by atoms with van der Waals surface area (Å²) in [5.41, 5.74) is 1.77. The fourth-order valence-electron chi connectivity index (χ4n) is 3.11. The quantitative estimate of drug-likeness (QED) is 0.789. The number of carboxylic acids is 1. The summed E-state index contributed by atoms with van der Waals surface area (Å²) in [5.74, 6) is -1.77. The van der Waals surface area contributed by atoms with Crippen LogP contribution in [0, 0.1) is 0 Å². The van der Waals surface area contributed by atoms with Gasteiger partial charge < -0.3 is 24.6 Å². The summed E-state index contributed by atoms with van der Waals surface area (Å²) in [4.78, 5) is 24.3. The second-order valence-electron chi connectivity index (χ2n) is 5.51. The van der Waals surface area contributed by atoms with Crippen LogP contribution in [-0.2, 0) is 14.3 Å². The van der Waals surface area contributed by atoms with E-state index in [0.29, 0.717) is 28.5 Å². The van der Waals surface area contributed by atoms with E-state index in [1.54, 1.807) is 32.0 Å². The smallest absolute Gasteiger partial charge is 0.336 e. The fourth-order valence-corrected chi connectivity index (χ4v) is 3.11.